The van der Waals surface area contributed by atoms with Crippen LogP contribution in [-0.4, -0.2) is 10.0 Å². The number of nitrogens with one attached hydrogen (secondary N) is 1. The van der Waals surface area contributed by atoms with Gasteiger partial charge in [0.2, 0.25) is 0 Å². The molecule has 1 rings (SSSR count). The van der Waals surface area contributed by atoms with Crippen LogP contribution < -0.4 is 5.43 Å². The first kappa shape index (κ1) is 7.46. The van der Waals surface area contributed by atoms with Gasteiger partial charge in [-0.3, -0.25) is 4.98 Å². The molecule has 0 fully saturated rings. The standard InChI is InChI=1S/C6H7N3O2/c1-5-4-6(2-3-7-5)8-9(10)11/h2-4H,1H3,(H,7,8). The summed E-state index contributed by atoms with van der Waals surface area (Å²) in [4.78, 5) is 13.8. The lowest BCUT2D eigenvalue weighted by Gasteiger charge is -1.96. The molecule has 0 bridgehead atoms. The van der Waals surface area contributed by atoms with E-state index in [2.05, 4.69) is 4.98 Å². The SMILES string of the molecule is Cc1cc(N[N+](=O)[O-])ccn1. The minimum absolute atomic E-state index is 0.447. The molecule has 0 amide bonds. The van der Waals surface area contributed by atoms with Crippen LogP contribution in [0.15, 0.2) is 18.3 Å². The molecular weight excluding hydrogens is 146 g/mol. The first-order valence-corrected chi connectivity index (χ1v) is 3.02. The molecule has 0 aliphatic carbocycles. The van der Waals surface area contributed by atoms with E-state index in [1.807, 2.05) is 5.43 Å². The summed E-state index contributed by atoms with van der Waals surface area (Å²) < 4.78 is 0. The molecule has 0 saturated heterocycles. The van der Waals surface area contributed by atoms with E-state index in [0.717, 1.165) is 5.69 Å². The minimum atomic E-state index is -0.602. The Morgan fingerprint density at radius 2 is 2.45 bits per heavy atom. The van der Waals surface area contributed by atoms with Gasteiger partial charge in [-0.1, -0.05) is 0 Å². The number of rotatable bonds is 2. The third kappa shape index (κ3) is 2.21. The van der Waals surface area contributed by atoms with Gasteiger partial charge in [-0.15, -0.1) is 5.43 Å². The first-order chi connectivity index (χ1) is 5.18. The van der Waals surface area contributed by atoms with E-state index < -0.39 is 5.03 Å². The molecule has 0 radical (unpaired) electrons. The number of hydrogen-bond donors (Lipinski definition) is 1. The van der Waals surface area contributed by atoms with Crippen LogP contribution in [0.3, 0.4) is 0 Å². The summed E-state index contributed by atoms with van der Waals surface area (Å²) in [5.74, 6) is 0. The van der Waals surface area contributed by atoms with Gasteiger partial charge in [-0.05, 0) is 19.1 Å². The van der Waals surface area contributed by atoms with Crippen molar-refractivity contribution in [1.29, 1.82) is 0 Å². The molecule has 5 heteroatoms. The minimum Gasteiger partial charge on any atom is -0.261 e. The second-order valence-electron chi connectivity index (χ2n) is 2.05. The van der Waals surface area contributed by atoms with Gasteiger partial charge in [-0.2, -0.15) is 0 Å². The second-order valence-corrected chi connectivity index (χ2v) is 2.05. The fraction of sp³-hybridized carbons (Fsp3) is 0.167. The number of pyridine rings is 1. The van der Waals surface area contributed by atoms with Gasteiger partial charge >= 0.3 is 0 Å². The predicted molar refractivity (Wildman–Crippen MR) is 39.6 cm³/mol. The van der Waals surface area contributed by atoms with Crippen molar-refractivity contribution in [2.45, 2.75) is 6.92 Å². The number of anilines is 1. The lowest BCUT2D eigenvalue weighted by molar-refractivity contribution is -0.445. The Morgan fingerprint density at radius 3 is 3.00 bits per heavy atom. The van der Waals surface area contributed by atoms with Crippen molar-refractivity contribution in [3.05, 3.63) is 34.1 Å². The van der Waals surface area contributed by atoms with Crippen molar-refractivity contribution in [2.75, 3.05) is 5.43 Å². The quantitative estimate of drug-likeness (QED) is 0.508. The maximum Gasteiger partial charge on any atom is 0.162 e. The van der Waals surface area contributed by atoms with Gasteiger partial charge in [0.25, 0.3) is 0 Å². The smallest absolute Gasteiger partial charge is 0.162 e. The fourth-order valence-corrected chi connectivity index (χ4v) is 0.721. The van der Waals surface area contributed by atoms with Gasteiger partial charge in [0, 0.05) is 11.9 Å². The fourth-order valence-electron chi connectivity index (χ4n) is 0.721. The van der Waals surface area contributed by atoms with E-state index in [1.54, 1.807) is 13.0 Å². The number of hydrazine groups is 1. The Kier molecular flexibility index (Phi) is 2.00. The lowest BCUT2D eigenvalue weighted by atomic mass is 10.3. The summed E-state index contributed by atoms with van der Waals surface area (Å²) >= 11 is 0. The summed E-state index contributed by atoms with van der Waals surface area (Å²) in [5, 5.41) is 9.35. The first-order valence-electron chi connectivity index (χ1n) is 3.02. The van der Waals surface area contributed by atoms with Crippen LogP contribution in [0.4, 0.5) is 5.69 Å². The lowest BCUT2D eigenvalue weighted by Crippen LogP contribution is -2.07. The maximum atomic E-state index is 9.95. The molecule has 1 aromatic rings. The van der Waals surface area contributed by atoms with Gasteiger partial charge < -0.3 is 0 Å². The summed E-state index contributed by atoms with van der Waals surface area (Å²) in [6.07, 6.45) is 1.52. The van der Waals surface area contributed by atoms with E-state index in [9.17, 15) is 10.1 Å². The molecule has 0 aliphatic rings. The molecule has 0 unspecified atom stereocenters. The molecule has 0 aromatic carbocycles. The van der Waals surface area contributed by atoms with Gasteiger partial charge in [0.15, 0.2) is 5.03 Å². The third-order valence-electron chi connectivity index (χ3n) is 1.12. The van der Waals surface area contributed by atoms with Crippen LogP contribution in [0.2, 0.25) is 0 Å². The Labute approximate surface area is 63.2 Å². The van der Waals surface area contributed by atoms with E-state index >= 15 is 0 Å². The molecule has 1 aromatic heterocycles. The summed E-state index contributed by atoms with van der Waals surface area (Å²) in [7, 11) is 0. The molecule has 0 atom stereocenters. The van der Waals surface area contributed by atoms with Crippen molar-refractivity contribution in [3.8, 4) is 0 Å². The Hall–Kier alpha value is -1.65. The Balaban J connectivity index is 2.79. The van der Waals surface area contributed by atoms with Crippen molar-refractivity contribution >= 4 is 5.69 Å². The number of hydrogen-bond acceptors (Lipinski definition) is 3. The highest BCUT2D eigenvalue weighted by Gasteiger charge is 1.97. The summed E-state index contributed by atoms with van der Waals surface area (Å²) in [6, 6.07) is 3.14. The normalized spacial score (nSPS) is 9.18. The predicted octanol–water partition coefficient (Wildman–Crippen LogP) is 0.994. The zero-order chi connectivity index (χ0) is 8.27. The van der Waals surface area contributed by atoms with Gasteiger partial charge in [-0.25, -0.2) is 10.1 Å². The van der Waals surface area contributed by atoms with E-state index in [1.165, 1.54) is 12.3 Å². The highest BCUT2D eigenvalue weighted by molar-refractivity contribution is 5.40. The topological polar surface area (TPSA) is 68.1 Å². The highest BCUT2D eigenvalue weighted by Crippen LogP contribution is 2.05. The van der Waals surface area contributed by atoms with Crippen LogP contribution >= 0.6 is 0 Å². The summed E-state index contributed by atoms with van der Waals surface area (Å²) in [5.41, 5.74) is 3.22. The average Bonchev–Trinajstić information content (AvgIpc) is 1.85. The highest BCUT2D eigenvalue weighted by atomic mass is 16.7. The Morgan fingerprint density at radius 1 is 1.73 bits per heavy atom. The molecule has 11 heavy (non-hydrogen) atoms. The number of aromatic nitrogens is 1. The zero-order valence-electron chi connectivity index (χ0n) is 5.94. The van der Waals surface area contributed by atoms with E-state index in [-0.39, 0.29) is 0 Å². The number of nitro groups is 1. The zero-order valence-corrected chi connectivity index (χ0v) is 5.94. The number of aryl methyl sites for hydroxylation is 1. The van der Waals surface area contributed by atoms with Crippen LogP contribution in [0.5, 0.6) is 0 Å². The van der Waals surface area contributed by atoms with E-state index in [4.69, 9.17) is 0 Å². The van der Waals surface area contributed by atoms with Crippen LogP contribution in [0.1, 0.15) is 5.69 Å². The molecule has 1 heterocycles. The third-order valence-corrected chi connectivity index (χ3v) is 1.12. The molecule has 0 spiro atoms. The average molecular weight is 153 g/mol. The van der Waals surface area contributed by atoms with Crippen molar-refractivity contribution in [1.82, 2.24) is 4.98 Å². The van der Waals surface area contributed by atoms with Crippen molar-refractivity contribution < 1.29 is 5.03 Å². The molecule has 1 N–H and O–H groups in total. The number of nitrogens with zero attached hydrogens (tertiary/aromatic N) is 2. The van der Waals surface area contributed by atoms with Crippen molar-refractivity contribution in [3.63, 3.8) is 0 Å². The second kappa shape index (κ2) is 2.96. The monoisotopic (exact) mass is 153 g/mol. The van der Waals surface area contributed by atoms with Gasteiger partial charge in [0.05, 0.1) is 0 Å². The summed E-state index contributed by atoms with van der Waals surface area (Å²) in [6.45, 7) is 1.77. The van der Waals surface area contributed by atoms with Crippen LogP contribution in [0.25, 0.3) is 0 Å². The maximum absolute atomic E-state index is 9.95. The van der Waals surface area contributed by atoms with Crippen LogP contribution in [-0.2, 0) is 0 Å². The van der Waals surface area contributed by atoms with Crippen LogP contribution in [0, 0.1) is 17.0 Å². The van der Waals surface area contributed by atoms with Gasteiger partial charge in [0.1, 0.15) is 5.69 Å². The molecular formula is C6H7N3O2. The molecule has 5 nitrogen and oxygen atoms in total. The molecule has 58 valence electrons. The largest absolute Gasteiger partial charge is 0.261 e. The Bertz CT molecular complexity index is 274. The molecule has 0 saturated carbocycles. The van der Waals surface area contributed by atoms with Crippen molar-refractivity contribution in [2.24, 2.45) is 0 Å². The molecule has 0 aliphatic heterocycles. The van der Waals surface area contributed by atoms with E-state index in [0.29, 0.717) is 5.69 Å².